The molecule has 1 fully saturated rings. The van der Waals surface area contributed by atoms with Crippen molar-refractivity contribution in [1.29, 1.82) is 0 Å². The molecule has 9 heteroatoms. The van der Waals surface area contributed by atoms with Crippen molar-refractivity contribution in [3.63, 3.8) is 0 Å². The molecule has 1 amide bonds. The lowest BCUT2D eigenvalue weighted by atomic mass is 10.1. The van der Waals surface area contributed by atoms with Gasteiger partial charge in [-0.15, -0.1) is 0 Å². The molecule has 0 unspecified atom stereocenters. The molecule has 3 heterocycles. The van der Waals surface area contributed by atoms with Gasteiger partial charge >= 0.3 is 0 Å². The molecule has 1 aliphatic rings. The first-order valence-corrected chi connectivity index (χ1v) is 8.81. The second-order valence-electron chi connectivity index (χ2n) is 6.06. The topological polar surface area (TPSA) is 72.6 Å². The number of carbonyl (C=O) groups is 1. The SMILES string of the molecule is Cc1cc([C@H]2CN(C(=O)c3cc(Cl)cc(Cl)c3)CCO2)n2ncnc2n1. The van der Waals surface area contributed by atoms with Gasteiger partial charge < -0.3 is 9.64 Å². The van der Waals surface area contributed by atoms with Crippen LogP contribution in [0.2, 0.25) is 10.0 Å². The van der Waals surface area contributed by atoms with Crippen molar-refractivity contribution in [1.82, 2.24) is 24.5 Å². The largest absolute Gasteiger partial charge is 0.368 e. The Kier molecular flexibility index (Phi) is 4.52. The van der Waals surface area contributed by atoms with Gasteiger partial charge in [0.05, 0.1) is 18.8 Å². The number of aromatic nitrogens is 4. The van der Waals surface area contributed by atoms with E-state index in [0.29, 0.717) is 41.1 Å². The number of amides is 1. The summed E-state index contributed by atoms with van der Waals surface area (Å²) in [5.41, 5.74) is 2.08. The van der Waals surface area contributed by atoms with E-state index in [9.17, 15) is 4.79 Å². The molecule has 0 saturated carbocycles. The number of halogens is 2. The lowest BCUT2D eigenvalue weighted by Crippen LogP contribution is -2.42. The summed E-state index contributed by atoms with van der Waals surface area (Å²) in [6.07, 6.45) is 1.12. The molecule has 4 rings (SSSR count). The summed E-state index contributed by atoms with van der Waals surface area (Å²) >= 11 is 12.0. The molecule has 134 valence electrons. The number of morpholine rings is 1. The summed E-state index contributed by atoms with van der Waals surface area (Å²) in [6, 6.07) is 6.73. The summed E-state index contributed by atoms with van der Waals surface area (Å²) in [7, 11) is 0. The van der Waals surface area contributed by atoms with Gasteiger partial charge in [0.25, 0.3) is 11.7 Å². The van der Waals surface area contributed by atoms with Gasteiger partial charge in [-0.2, -0.15) is 14.6 Å². The molecule has 0 bridgehead atoms. The average molecular weight is 392 g/mol. The summed E-state index contributed by atoms with van der Waals surface area (Å²) in [5, 5.41) is 5.07. The van der Waals surface area contributed by atoms with Crippen LogP contribution in [0.3, 0.4) is 0 Å². The predicted octanol–water partition coefficient (Wildman–Crippen LogP) is 2.95. The minimum absolute atomic E-state index is 0.136. The zero-order valence-corrected chi connectivity index (χ0v) is 15.4. The van der Waals surface area contributed by atoms with Crippen LogP contribution in [0.15, 0.2) is 30.6 Å². The number of carbonyl (C=O) groups excluding carboxylic acids is 1. The highest BCUT2D eigenvalue weighted by Gasteiger charge is 2.28. The fraction of sp³-hybridized carbons (Fsp3) is 0.294. The smallest absolute Gasteiger partial charge is 0.254 e. The minimum atomic E-state index is -0.326. The second kappa shape index (κ2) is 6.83. The Labute approximate surface area is 159 Å². The Balaban J connectivity index is 1.63. The first-order chi connectivity index (χ1) is 12.5. The van der Waals surface area contributed by atoms with E-state index in [2.05, 4.69) is 15.1 Å². The minimum Gasteiger partial charge on any atom is -0.368 e. The highest BCUT2D eigenvalue weighted by Crippen LogP contribution is 2.25. The normalized spacial score (nSPS) is 17.7. The third-order valence-electron chi connectivity index (χ3n) is 4.20. The number of aryl methyl sites for hydroxylation is 1. The van der Waals surface area contributed by atoms with Crippen molar-refractivity contribution in [2.24, 2.45) is 0 Å². The fourth-order valence-corrected chi connectivity index (χ4v) is 3.59. The van der Waals surface area contributed by atoms with Gasteiger partial charge in [0.15, 0.2) is 0 Å². The molecule has 3 aromatic rings. The van der Waals surface area contributed by atoms with Crippen LogP contribution in [0, 0.1) is 6.92 Å². The Hall–Kier alpha value is -2.22. The van der Waals surface area contributed by atoms with E-state index in [1.165, 1.54) is 6.33 Å². The highest BCUT2D eigenvalue weighted by atomic mass is 35.5. The van der Waals surface area contributed by atoms with E-state index in [0.717, 1.165) is 11.4 Å². The monoisotopic (exact) mass is 391 g/mol. The van der Waals surface area contributed by atoms with E-state index in [-0.39, 0.29) is 12.0 Å². The Morgan fingerprint density at radius 2 is 2.00 bits per heavy atom. The van der Waals surface area contributed by atoms with Gasteiger partial charge in [0.2, 0.25) is 0 Å². The van der Waals surface area contributed by atoms with E-state index >= 15 is 0 Å². The first kappa shape index (κ1) is 17.2. The third-order valence-corrected chi connectivity index (χ3v) is 4.64. The maximum Gasteiger partial charge on any atom is 0.254 e. The van der Waals surface area contributed by atoms with Gasteiger partial charge in [-0.05, 0) is 31.2 Å². The van der Waals surface area contributed by atoms with Gasteiger partial charge in [-0.3, -0.25) is 4.79 Å². The van der Waals surface area contributed by atoms with Gasteiger partial charge in [-0.25, -0.2) is 4.98 Å². The number of ether oxygens (including phenoxy) is 1. The van der Waals surface area contributed by atoms with Crippen LogP contribution in [-0.2, 0) is 4.74 Å². The van der Waals surface area contributed by atoms with Crippen LogP contribution in [0.4, 0.5) is 0 Å². The molecule has 1 atom stereocenters. The molecule has 2 aromatic heterocycles. The van der Waals surface area contributed by atoms with E-state index in [4.69, 9.17) is 27.9 Å². The molecule has 0 N–H and O–H groups in total. The van der Waals surface area contributed by atoms with Crippen LogP contribution in [0.5, 0.6) is 0 Å². The first-order valence-electron chi connectivity index (χ1n) is 8.05. The van der Waals surface area contributed by atoms with Crippen molar-refractivity contribution in [3.8, 4) is 0 Å². The fourth-order valence-electron chi connectivity index (χ4n) is 3.06. The molecule has 1 saturated heterocycles. The molecule has 1 aromatic carbocycles. The maximum atomic E-state index is 12.9. The second-order valence-corrected chi connectivity index (χ2v) is 6.94. The number of benzene rings is 1. The van der Waals surface area contributed by atoms with Crippen molar-refractivity contribution in [2.45, 2.75) is 13.0 Å². The van der Waals surface area contributed by atoms with Crippen LogP contribution >= 0.6 is 23.2 Å². The van der Waals surface area contributed by atoms with Gasteiger partial charge in [0.1, 0.15) is 12.4 Å². The van der Waals surface area contributed by atoms with Crippen molar-refractivity contribution >= 4 is 34.9 Å². The molecule has 7 nitrogen and oxygen atoms in total. The molecule has 0 aliphatic carbocycles. The number of rotatable bonds is 2. The predicted molar refractivity (Wildman–Crippen MR) is 96.6 cm³/mol. The molecule has 1 aliphatic heterocycles. The number of hydrogen-bond acceptors (Lipinski definition) is 5. The molecular weight excluding hydrogens is 377 g/mol. The van der Waals surface area contributed by atoms with Crippen LogP contribution in [0.1, 0.15) is 27.8 Å². The Morgan fingerprint density at radius 3 is 2.77 bits per heavy atom. The van der Waals surface area contributed by atoms with E-state index < -0.39 is 0 Å². The van der Waals surface area contributed by atoms with Crippen molar-refractivity contribution < 1.29 is 9.53 Å². The summed E-state index contributed by atoms with van der Waals surface area (Å²) in [6.45, 7) is 3.19. The lowest BCUT2D eigenvalue weighted by molar-refractivity contribution is -0.0257. The lowest BCUT2D eigenvalue weighted by Gasteiger charge is -2.33. The standard InChI is InChI=1S/C17H15Cl2N5O2/c1-10-4-14(24-17(22-10)20-9-21-24)15-8-23(2-3-26-15)16(25)11-5-12(18)7-13(19)6-11/h4-7,9,15H,2-3,8H2,1H3/t15-/m1/s1. The molecule has 26 heavy (non-hydrogen) atoms. The summed E-state index contributed by atoms with van der Waals surface area (Å²) in [4.78, 5) is 23.1. The number of nitrogens with zero attached hydrogens (tertiary/aromatic N) is 5. The summed E-state index contributed by atoms with van der Waals surface area (Å²) in [5.74, 6) is 0.372. The quantitative estimate of drug-likeness (QED) is 0.671. The Morgan fingerprint density at radius 1 is 1.23 bits per heavy atom. The Bertz CT molecular complexity index is 970. The molecular formula is C17H15Cl2N5O2. The number of hydrogen-bond donors (Lipinski definition) is 0. The van der Waals surface area contributed by atoms with Crippen LogP contribution in [0.25, 0.3) is 5.78 Å². The van der Waals surface area contributed by atoms with Gasteiger partial charge in [-0.1, -0.05) is 23.2 Å². The third kappa shape index (κ3) is 3.25. The molecule has 0 radical (unpaired) electrons. The van der Waals surface area contributed by atoms with E-state index in [1.54, 1.807) is 27.6 Å². The van der Waals surface area contributed by atoms with Crippen LogP contribution < -0.4 is 0 Å². The van der Waals surface area contributed by atoms with E-state index in [1.807, 2.05) is 13.0 Å². The number of fused-ring (bicyclic) bond motifs is 1. The van der Waals surface area contributed by atoms with Crippen LogP contribution in [-0.4, -0.2) is 50.1 Å². The van der Waals surface area contributed by atoms with Gasteiger partial charge in [0, 0.05) is 27.8 Å². The van der Waals surface area contributed by atoms with Crippen molar-refractivity contribution in [3.05, 3.63) is 57.6 Å². The average Bonchev–Trinajstić information content (AvgIpc) is 3.08. The highest BCUT2D eigenvalue weighted by molar-refractivity contribution is 6.35. The molecule has 0 spiro atoms. The van der Waals surface area contributed by atoms with Crippen molar-refractivity contribution in [2.75, 3.05) is 19.7 Å². The zero-order valence-electron chi connectivity index (χ0n) is 13.9. The zero-order chi connectivity index (χ0) is 18.3. The summed E-state index contributed by atoms with van der Waals surface area (Å²) < 4.78 is 7.54. The maximum absolute atomic E-state index is 12.9.